The predicted molar refractivity (Wildman–Crippen MR) is 138 cm³/mol. The van der Waals surface area contributed by atoms with Crippen molar-refractivity contribution in [2.75, 3.05) is 13.1 Å². The normalized spacial score (nSPS) is 16.5. The van der Waals surface area contributed by atoms with Gasteiger partial charge in [-0.05, 0) is 59.1 Å². The fourth-order valence-corrected chi connectivity index (χ4v) is 7.34. The van der Waals surface area contributed by atoms with Crippen LogP contribution in [0.4, 0.5) is 0 Å². The molecule has 12 heteroatoms. The number of hydrogen-bond donors (Lipinski definition) is 1. The molecule has 3 aliphatic heterocycles. The quantitative estimate of drug-likeness (QED) is 0.275. The molecule has 0 saturated carbocycles. The lowest BCUT2D eigenvalue weighted by atomic mass is 9.87. The molecule has 0 radical (unpaired) electrons. The first-order chi connectivity index (χ1) is 17.4. The van der Waals surface area contributed by atoms with Gasteiger partial charge in [0.2, 0.25) is 5.36 Å². The van der Waals surface area contributed by atoms with Crippen molar-refractivity contribution in [2.24, 2.45) is 0 Å². The Balaban J connectivity index is 1.82. The minimum Gasteiger partial charge on any atom is -0.744 e. The Hall–Kier alpha value is -2.28. The highest BCUT2D eigenvalue weighted by molar-refractivity contribution is 9.10. The van der Waals surface area contributed by atoms with Crippen molar-refractivity contribution in [1.82, 2.24) is 4.58 Å². The zero-order chi connectivity index (χ0) is 26.3. The number of benzene rings is 3. The molecule has 192 valence electrons. The highest BCUT2D eigenvalue weighted by Crippen LogP contribution is 2.43. The Bertz CT molecular complexity index is 1880. The second-order valence-corrected chi connectivity index (χ2v) is 13.3. The van der Waals surface area contributed by atoms with Crippen LogP contribution in [-0.4, -0.2) is 39.0 Å². The highest BCUT2D eigenvalue weighted by Gasteiger charge is 2.32. The SMILES string of the molecule is O=S(=O)([O-])c1cc(S(=O)(=O)O)ccc1C1=c2cc3c4c(c2Oc2cc(Br)c(Cl)cc21)CCC[N+]=4CCC3. The van der Waals surface area contributed by atoms with Gasteiger partial charge in [-0.25, -0.2) is 13.0 Å². The van der Waals surface area contributed by atoms with Gasteiger partial charge in [0, 0.05) is 44.8 Å². The van der Waals surface area contributed by atoms with Crippen LogP contribution in [0.5, 0.6) is 11.5 Å². The summed E-state index contributed by atoms with van der Waals surface area (Å²) >= 11 is 9.84. The van der Waals surface area contributed by atoms with Crippen molar-refractivity contribution < 1.29 is 30.7 Å². The third-order valence-corrected chi connectivity index (χ3v) is 9.96. The zero-order valence-electron chi connectivity index (χ0n) is 19.1. The summed E-state index contributed by atoms with van der Waals surface area (Å²) in [6.07, 6.45) is 3.51. The molecule has 0 saturated heterocycles. The zero-order valence-corrected chi connectivity index (χ0v) is 23.1. The molecule has 0 bridgehead atoms. The summed E-state index contributed by atoms with van der Waals surface area (Å²) in [4.78, 5) is -1.45. The van der Waals surface area contributed by atoms with E-state index in [1.807, 2.05) is 6.07 Å². The summed E-state index contributed by atoms with van der Waals surface area (Å²) in [5.74, 6) is 0.992. The molecule has 0 amide bonds. The van der Waals surface area contributed by atoms with Crippen LogP contribution in [0.15, 0.2) is 50.7 Å². The average Bonchev–Trinajstić information content (AvgIpc) is 2.83. The third kappa shape index (κ3) is 4.12. The van der Waals surface area contributed by atoms with Crippen LogP contribution in [0.3, 0.4) is 0 Å². The molecule has 0 spiro atoms. The van der Waals surface area contributed by atoms with E-state index in [1.54, 1.807) is 12.1 Å². The Kier molecular flexibility index (Phi) is 5.83. The number of fused-ring (bicyclic) bond motifs is 3. The van der Waals surface area contributed by atoms with E-state index < -0.39 is 30.0 Å². The van der Waals surface area contributed by atoms with Gasteiger partial charge in [-0.3, -0.25) is 4.55 Å². The summed E-state index contributed by atoms with van der Waals surface area (Å²) < 4.78 is 79.6. The lowest BCUT2D eigenvalue weighted by Crippen LogP contribution is -2.45. The summed E-state index contributed by atoms with van der Waals surface area (Å²) in [6.45, 7) is 1.89. The minimum absolute atomic E-state index is 0.00205. The second kappa shape index (κ2) is 8.62. The maximum absolute atomic E-state index is 12.4. The highest BCUT2D eigenvalue weighted by atomic mass is 79.9. The average molecular weight is 625 g/mol. The van der Waals surface area contributed by atoms with E-state index in [0.717, 1.165) is 61.3 Å². The molecule has 1 N–H and O–H groups in total. The lowest BCUT2D eigenvalue weighted by Gasteiger charge is -2.27. The van der Waals surface area contributed by atoms with Crippen molar-refractivity contribution in [3.05, 3.63) is 78.7 Å². The molecule has 0 aliphatic carbocycles. The number of rotatable bonds is 3. The van der Waals surface area contributed by atoms with Crippen molar-refractivity contribution >= 4 is 53.3 Å². The molecule has 37 heavy (non-hydrogen) atoms. The molecule has 3 aromatic carbocycles. The summed E-state index contributed by atoms with van der Waals surface area (Å²) in [5.41, 5.74) is 2.98. The Morgan fingerprint density at radius 2 is 1.73 bits per heavy atom. The summed E-state index contributed by atoms with van der Waals surface area (Å²) in [6, 6.07) is 8.28. The number of halogens is 2. The monoisotopic (exact) mass is 623 g/mol. The van der Waals surface area contributed by atoms with Gasteiger partial charge < -0.3 is 9.29 Å². The van der Waals surface area contributed by atoms with Crippen LogP contribution >= 0.6 is 27.5 Å². The van der Waals surface area contributed by atoms with Gasteiger partial charge in [-0.2, -0.15) is 8.42 Å². The van der Waals surface area contributed by atoms with Gasteiger partial charge in [0.15, 0.2) is 0 Å². The smallest absolute Gasteiger partial charge is 0.294 e. The molecule has 6 rings (SSSR count). The van der Waals surface area contributed by atoms with Crippen molar-refractivity contribution in [3.63, 3.8) is 0 Å². The van der Waals surface area contributed by atoms with Crippen molar-refractivity contribution in [2.45, 2.75) is 35.5 Å². The molecule has 8 nitrogen and oxygen atoms in total. The molecular weight excluding hydrogens is 606 g/mol. The predicted octanol–water partition coefficient (Wildman–Crippen LogP) is 2.99. The van der Waals surface area contributed by atoms with Crippen LogP contribution in [-0.2, 0) is 33.1 Å². The van der Waals surface area contributed by atoms with Crippen molar-refractivity contribution in [3.8, 4) is 11.5 Å². The first-order valence-corrected chi connectivity index (χ1v) is 15.5. The fourth-order valence-electron chi connectivity index (χ4n) is 5.56. The molecular formula is C25H19BrClNO7S2. The van der Waals surface area contributed by atoms with E-state index in [1.165, 1.54) is 6.07 Å². The van der Waals surface area contributed by atoms with E-state index in [2.05, 4.69) is 20.5 Å². The van der Waals surface area contributed by atoms with Crippen molar-refractivity contribution in [1.29, 1.82) is 0 Å². The first kappa shape index (κ1) is 25.0. The van der Waals surface area contributed by atoms with E-state index in [9.17, 15) is 25.9 Å². The number of hydrogen-bond acceptors (Lipinski definition) is 6. The molecule has 0 atom stereocenters. The fraction of sp³-hybridized carbons (Fsp3) is 0.240. The van der Waals surface area contributed by atoms with Gasteiger partial charge >= 0.3 is 0 Å². The second-order valence-electron chi connectivity index (χ2n) is 9.26. The topological polar surface area (TPSA) is 124 Å². The van der Waals surface area contributed by atoms with Crippen LogP contribution in [0.2, 0.25) is 5.02 Å². The third-order valence-electron chi connectivity index (χ3n) is 7.04. The number of aryl methyl sites for hydroxylation is 1. The Morgan fingerprint density at radius 1 is 1.00 bits per heavy atom. The Labute approximate surface area is 226 Å². The summed E-state index contributed by atoms with van der Waals surface area (Å²) in [7, 11) is -9.92. The maximum Gasteiger partial charge on any atom is 0.294 e. The van der Waals surface area contributed by atoms with E-state index in [4.69, 9.17) is 16.3 Å². The minimum atomic E-state index is -5.16. The molecule has 3 aromatic rings. The summed E-state index contributed by atoms with van der Waals surface area (Å²) in [5, 5.41) is 2.09. The van der Waals surface area contributed by atoms with Gasteiger partial charge in [-0.15, -0.1) is 0 Å². The van der Waals surface area contributed by atoms with Crippen LogP contribution in [0, 0.1) is 0 Å². The number of nitrogens with zero attached hydrogens (tertiary/aromatic N) is 1. The maximum atomic E-state index is 12.4. The number of ether oxygens (including phenoxy) is 1. The van der Waals surface area contributed by atoms with E-state index >= 15 is 0 Å². The van der Waals surface area contributed by atoms with Crippen LogP contribution in [0.25, 0.3) is 5.57 Å². The van der Waals surface area contributed by atoms with Gasteiger partial charge in [0.1, 0.15) is 34.7 Å². The van der Waals surface area contributed by atoms with Gasteiger partial charge in [0.05, 0.1) is 20.4 Å². The van der Waals surface area contributed by atoms with E-state index in [-0.39, 0.29) is 5.56 Å². The van der Waals surface area contributed by atoms with Crippen LogP contribution in [0.1, 0.15) is 35.1 Å². The van der Waals surface area contributed by atoms with Gasteiger partial charge in [0.25, 0.3) is 10.1 Å². The van der Waals surface area contributed by atoms with Gasteiger partial charge in [-0.1, -0.05) is 17.7 Å². The van der Waals surface area contributed by atoms with E-state index in [0.29, 0.717) is 43.4 Å². The Morgan fingerprint density at radius 3 is 2.43 bits per heavy atom. The molecule has 0 unspecified atom stereocenters. The molecule has 3 heterocycles. The largest absolute Gasteiger partial charge is 0.744 e. The molecule has 3 aliphatic rings. The standard InChI is InChI=1S/C25H19BrClNO7S2/c26-19-12-21-17(11-20(19)27)23(15-6-5-14(36(29,30)31)10-22(15)37(32,33)34)18-9-13-3-1-7-28-8-2-4-16(24(13)28)25(18)35-21/h5-6,9-12H,1-4,7-8H2,(H-,29,30,31,32,33,34). The van der Waals surface area contributed by atoms with Crippen LogP contribution < -0.4 is 19.9 Å². The molecule has 0 aromatic heterocycles. The first-order valence-electron chi connectivity index (χ1n) is 11.5. The molecule has 0 fully saturated rings. The lowest BCUT2D eigenvalue weighted by molar-refractivity contribution is 0.437.